The summed E-state index contributed by atoms with van der Waals surface area (Å²) >= 11 is 0. The molecule has 4 aliphatic carbocycles. The third-order valence-corrected chi connectivity index (χ3v) is 6.74. The number of hydrogen-bond donors (Lipinski definition) is 0. The Morgan fingerprint density at radius 1 is 0.375 bits per heavy atom. The summed E-state index contributed by atoms with van der Waals surface area (Å²) in [5.41, 5.74) is 0. The summed E-state index contributed by atoms with van der Waals surface area (Å²) in [5, 5.41) is 0. The van der Waals surface area contributed by atoms with Gasteiger partial charge in [0.2, 0.25) is 0 Å². The van der Waals surface area contributed by atoms with Crippen LogP contribution in [0.2, 0.25) is 0 Å². The fourth-order valence-corrected chi connectivity index (χ4v) is 6.28. The lowest BCUT2D eigenvalue weighted by atomic mass is 9.48. The molecule has 0 radical (unpaired) electrons. The fraction of sp³-hybridized carbons (Fsp3) is 1.00. The van der Waals surface area contributed by atoms with E-state index in [1.165, 1.54) is 35.5 Å². The molecule has 0 heteroatoms. The maximum absolute atomic E-state index is 1.61. The predicted molar refractivity (Wildman–Crippen MR) is 67.1 cm³/mol. The van der Waals surface area contributed by atoms with Crippen molar-refractivity contribution < 1.29 is 0 Å². The van der Waals surface area contributed by atoms with Crippen molar-refractivity contribution in [2.24, 2.45) is 35.5 Å². The minimum atomic E-state index is 1.17. The van der Waals surface area contributed by atoms with Gasteiger partial charge in [-0.15, -0.1) is 0 Å². The average molecular weight is 218 g/mol. The molecule has 0 aromatic rings. The molecule has 0 unspecified atom stereocenters. The van der Waals surface area contributed by atoms with Crippen molar-refractivity contribution >= 4 is 0 Å². The Balaban J connectivity index is 1.67. The summed E-state index contributed by atoms with van der Waals surface area (Å²) in [5.74, 6) is 7.07. The van der Waals surface area contributed by atoms with E-state index < -0.39 is 0 Å². The zero-order chi connectivity index (χ0) is 10.5. The maximum Gasteiger partial charge on any atom is -0.0324 e. The summed E-state index contributed by atoms with van der Waals surface area (Å²) in [4.78, 5) is 0. The summed E-state index contributed by atoms with van der Waals surface area (Å²) in [6.45, 7) is 0. The van der Waals surface area contributed by atoms with Crippen LogP contribution in [0.25, 0.3) is 0 Å². The van der Waals surface area contributed by atoms with Crippen molar-refractivity contribution in [2.45, 2.75) is 64.2 Å². The van der Waals surface area contributed by atoms with Gasteiger partial charge in [0.1, 0.15) is 0 Å². The molecule has 4 saturated carbocycles. The summed E-state index contributed by atoms with van der Waals surface area (Å²) in [6.07, 6.45) is 15.9. The van der Waals surface area contributed by atoms with Gasteiger partial charge < -0.3 is 0 Å². The fourth-order valence-electron chi connectivity index (χ4n) is 6.28. The smallest absolute Gasteiger partial charge is 0.0324 e. The first-order valence-electron chi connectivity index (χ1n) is 7.93. The largest absolute Gasteiger partial charge is 0.0528 e. The Kier molecular flexibility index (Phi) is 2.34. The predicted octanol–water partition coefficient (Wildman–Crippen LogP) is 4.64. The standard InChI is InChI=1S/C16H26/c1-3-11-7-9-13-5-2-6-14-10-8-12(4-1)15(11)16(13)14/h11-16H,1-10H2/t11-,12-,13+,14+,15?,16?. The molecule has 0 amide bonds. The monoisotopic (exact) mass is 218 g/mol. The second-order valence-electron chi connectivity index (χ2n) is 7.21. The van der Waals surface area contributed by atoms with Gasteiger partial charge in [0.05, 0.1) is 0 Å². The van der Waals surface area contributed by atoms with Gasteiger partial charge in [-0.25, -0.2) is 0 Å². The molecule has 4 rings (SSSR count). The third-order valence-electron chi connectivity index (χ3n) is 6.74. The second kappa shape index (κ2) is 3.75. The molecule has 4 atom stereocenters. The molecule has 0 saturated heterocycles. The van der Waals surface area contributed by atoms with Crippen LogP contribution in [0.3, 0.4) is 0 Å². The molecule has 0 nitrogen and oxygen atoms in total. The van der Waals surface area contributed by atoms with Gasteiger partial charge in [0.15, 0.2) is 0 Å². The summed E-state index contributed by atoms with van der Waals surface area (Å²) in [6, 6.07) is 0. The lowest BCUT2D eigenvalue weighted by molar-refractivity contribution is -0.0760. The van der Waals surface area contributed by atoms with E-state index in [0.29, 0.717) is 0 Å². The molecule has 0 aromatic carbocycles. The van der Waals surface area contributed by atoms with Crippen LogP contribution in [0, 0.1) is 35.5 Å². The zero-order valence-corrected chi connectivity index (χ0v) is 10.5. The average Bonchev–Trinajstić information content (AvgIpc) is 2.36. The lowest BCUT2D eigenvalue weighted by Gasteiger charge is -2.57. The highest BCUT2D eigenvalue weighted by molar-refractivity contribution is 5.00. The minimum absolute atomic E-state index is 1.17. The normalized spacial score (nSPS) is 55.5. The van der Waals surface area contributed by atoms with E-state index in [1.807, 2.05) is 0 Å². The molecule has 90 valence electrons. The van der Waals surface area contributed by atoms with Crippen LogP contribution in [-0.2, 0) is 0 Å². The summed E-state index contributed by atoms with van der Waals surface area (Å²) < 4.78 is 0. The van der Waals surface area contributed by atoms with Crippen LogP contribution in [0.4, 0.5) is 0 Å². The van der Waals surface area contributed by atoms with E-state index in [-0.39, 0.29) is 0 Å². The van der Waals surface area contributed by atoms with E-state index >= 15 is 0 Å². The second-order valence-corrected chi connectivity index (χ2v) is 7.21. The Morgan fingerprint density at radius 3 is 1.00 bits per heavy atom. The van der Waals surface area contributed by atoms with Crippen LogP contribution in [0.1, 0.15) is 64.2 Å². The molecule has 16 heavy (non-hydrogen) atoms. The van der Waals surface area contributed by atoms with Crippen molar-refractivity contribution in [2.75, 3.05) is 0 Å². The van der Waals surface area contributed by atoms with Gasteiger partial charge in [-0.05, 0) is 61.2 Å². The van der Waals surface area contributed by atoms with E-state index in [0.717, 1.165) is 0 Å². The Labute approximate surface area is 100 Å². The van der Waals surface area contributed by atoms with Crippen molar-refractivity contribution in [1.29, 1.82) is 0 Å². The third kappa shape index (κ3) is 1.34. The van der Waals surface area contributed by atoms with Gasteiger partial charge in [-0.1, -0.05) is 38.5 Å². The molecule has 0 aromatic heterocycles. The molecule has 0 N–H and O–H groups in total. The van der Waals surface area contributed by atoms with E-state index in [2.05, 4.69) is 0 Å². The van der Waals surface area contributed by atoms with Gasteiger partial charge in [0, 0.05) is 0 Å². The Bertz CT molecular complexity index is 217. The van der Waals surface area contributed by atoms with E-state index in [9.17, 15) is 0 Å². The van der Waals surface area contributed by atoms with Gasteiger partial charge in [-0.2, -0.15) is 0 Å². The molecule has 0 heterocycles. The Hall–Kier alpha value is 0. The lowest BCUT2D eigenvalue weighted by Crippen LogP contribution is -2.49. The van der Waals surface area contributed by atoms with Crippen molar-refractivity contribution in [3.8, 4) is 0 Å². The first kappa shape index (κ1) is 9.97. The Morgan fingerprint density at radius 2 is 0.688 bits per heavy atom. The number of hydrogen-bond acceptors (Lipinski definition) is 0. The highest BCUT2D eigenvalue weighted by Crippen LogP contribution is 2.59. The van der Waals surface area contributed by atoms with E-state index in [4.69, 9.17) is 0 Å². The highest BCUT2D eigenvalue weighted by Gasteiger charge is 2.50. The van der Waals surface area contributed by atoms with Gasteiger partial charge >= 0.3 is 0 Å². The van der Waals surface area contributed by atoms with Gasteiger partial charge in [-0.3, -0.25) is 0 Å². The van der Waals surface area contributed by atoms with Crippen LogP contribution >= 0.6 is 0 Å². The molecule has 4 fully saturated rings. The molecular formula is C16H26. The highest BCUT2D eigenvalue weighted by atomic mass is 14.6. The van der Waals surface area contributed by atoms with Crippen LogP contribution in [0.5, 0.6) is 0 Å². The molecular weight excluding hydrogens is 192 g/mol. The van der Waals surface area contributed by atoms with Crippen LogP contribution in [-0.4, -0.2) is 0 Å². The topological polar surface area (TPSA) is 0 Å². The minimum Gasteiger partial charge on any atom is -0.0528 e. The summed E-state index contributed by atoms with van der Waals surface area (Å²) in [7, 11) is 0. The quantitative estimate of drug-likeness (QED) is 0.555. The first-order chi connectivity index (χ1) is 7.93. The maximum atomic E-state index is 1.61. The van der Waals surface area contributed by atoms with Crippen molar-refractivity contribution in [3.05, 3.63) is 0 Å². The van der Waals surface area contributed by atoms with Crippen LogP contribution < -0.4 is 0 Å². The van der Waals surface area contributed by atoms with Gasteiger partial charge in [0.25, 0.3) is 0 Å². The molecule has 4 aliphatic rings. The zero-order valence-electron chi connectivity index (χ0n) is 10.5. The van der Waals surface area contributed by atoms with Crippen LogP contribution in [0.15, 0.2) is 0 Å². The molecule has 0 spiro atoms. The first-order valence-corrected chi connectivity index (χ1v) is 7.93. The van der Waals surface area contributed by atoms with E-state index in [1.54, 1.807) is 64.2 Å². The molecule has 0 aliphatic heterocycles. The van der Waals surface area contributed by atoms with Crippen molar-refractivity contribution in [3.63, 3.8) is 0 Å². The molecule has 0 bridgehead atoms. The van der Waals surface area contributed by atoms with Crippen molar-refractivity contribution in [1.82, 2.24) is 0 Å². The SMILES string of the molecule is C1C[C@@H]2CC[C@@H]3CCC[C@H]4CC[C@@H](C1)C2C34. The number of rotatable bonds is 0.